The minimum absolute atomic E-state index is 0.183. The van der Waals surface area contributed by atoms with Crippen LogP contribution in [0, 0.1) is 37.9 Å². The summed E-state index contributed by atoms with van der Waals surface area (Å²) < 4.78 is 18.8. The number of hydrogen-bond donors (Lipinski definition) is 0. The fourth-order valence-electron chi connectivity index (χ4n) is 2.45. The predicted molar refractivity (Wildman–Crippen MR) is 97.1 cm³/mol. The Kier molecular flexibility index (Phi) is 5.05. The molecule has 2 heterocycles. The zero-order valence-corrected chi connectivity index (χ0v) is 15.7. The lowest BCUT2D eigenvalue weighted by molar-refractivity contribution is 0.509. The summed E-state index contributed by atoms with van der Waals surface area (Å²) in [6.07, 6.45) is 0. The van der Waals surface area contributed by atoms with Gasteiger partial charge in [-0.05, 0) is 63.1 Å². The Bertz CT molecular complexity index is 992. The van der Waals surface area contributed by atoms with Crippen molar-refractivity contribution in [2.75, 3.05) is 0 Å². The molecule has 0 spiro atoms. The lowest BCUT2D eigenvalue weighted by Gasteiger charge is -2.13. The number of thioether (sulfide) groups is 1. The molecule has 1 atom stereocenters. The van der Waals surface area contributed by atoms with E-state index in [4.69, 9.17) is 4.42 Å². The summed E-state index contributed by atoms with van der Waals surface area (Å²) in [5, 5.41) is 18.1. The van der Waals surface area contributed by atoms with Crippen LogP contribution in [0.5, 0.6) is 0 Å². The first-order valence-corrected chi connectivity index (χ1v) is 8.92. The molecule has 0 aliphatic carbocycles. The first-order chi connectivity index (χ1) is 12.4. The van der Waals surface area contributed by atoms with Crippen molar-refractivity contribution in [1.29, 1.82) is 5.26 Å². The van der Waals surface area contributed by atoms with Crippen LogP contribution in [0.4, 0.5) is 4.39 Å². The molecule has 7 heteroatoms. The zero-order valence-electron chi connectivity index (χ0n) is 14.9. The predicted octanol–water partition coefficient (Wildman–Crippen LogP) is 4.92. The second-order valence-electron chi connectivity index (χ2n) is 5.95. The summed E-state index contributed by atoms with van der Waals surface area (Å²) >= 11 is 1.41. The Labute approximate surface area is 155 Å². The van der Waals surface area contributed by atoms with E-state index in [-0.39, 0.29) is 11.1 Å². The van der Waals surface area contributed by atoms with Gasteiger partial charge in [0.05, 0.1) is 10.8 Å². The van der Waals surface area contributed by atoms with Gasteiger partial charge in [0.2, 0.25) is 11.8 Å². The number of benzene rings is 1. The van der Waals surface area contributed by atoms with Crippen molar-refractivity contribution >= 4 is 11.8 Å². The van der Waals surface area contributed by atoms with Gasteiger partial charge in [0.25, 0.3) is 0 Å². The van der Waals surface area contributed by atoms with Gasteiger partial charge in [-0.2, -0.15) is 5.26 Å². The number of pyridine rings is 1. The Hall–Kier alpha value is -2.72. The van der Waals surface area contributed by atoms with Crippen LogP contribution in [0.15, 0.2) is 33.7 Å². The van der Waals surface area contributed by atoms with Gasteiger partial charge in [0.1, 0.15) is 16.9 Å². The minimum Gasteiger partial charge on any atom is -0.419 e. The smallest absolute Gasteiger partial charge is 0.247 e. The van der Waals surface area contributed by atoms with E-state index in [0.717, 1.165) is 16.8 Å². The molecule has 132 valence electrons. The molecule has 3 aromatic rings. The standard InChI is InChI=1S/C19H17FN4OS/c1-10-11(2)16(9-21)19(22-12(10)3)26-13(4)17-23-24-18(25-17)14-5-7-15(20)8-6-14/h5-8,13H,1-4H3. The molecule has 0 aliphatic rings. The van der Waals surface area contributed by atoms with Crippen molar-refractivity contribution in [1.82, 2.24) is 15.2 Å². The van der Waals surface area contributed by atoms with Crippen LogP contribution in [-0.2, 0) is 0 Å². The maximum atomic E-state index is 13.0. The van der Waals surface area contributed by atoms with Gasteiger partial charge in [-0.3, -0.25) is 0 Å². The van der Waals surface area contributed by atoms with Crippen LogP contribution in [0.1, 0.15) is 40.4 Å². The molecule has 0 N–H and O–H groups in total. The van der Waals surface area contributed by atoms with Crippen molar-refractivity contribution in [3.8, 4) is 17.5 Å². The molecular formula is C19H17FN4OS. The van der Waals surface area contributed by atoms with Gasteiger partial charge in [-0.1, -0.05) is 11.8 Å². The fourth-order valence-corrected chi connectivity index (χ4v) is 3.49. The normalized spacial score (nSPS) is 12.0. The number of nitrogens with zero attached hydrogens (tertiary/aromatic N) is 4. The molecule has 1 aromatic carbocycles. The molecule has 0 amide bonds. The third kappa shape index (κ3) is 3.46. The SMILES string of the molecule is Cc1nc(SC(C)c2nnc(-c3ccc(F)cc3)o2)c(C#N)c(C)c1C. The number of aromatic nitrogens is 3. The summed E-state index contributed by atoms with van der Waals surface area (Å²) in [7, 11) is 0. The highest BCUT2D eigenvalue weighted by atomic mass is 32.2. The Morgan fingerprint density at radius 3 is 2.46 bits per heavy atom. The van der Waals surface area contributed by atoms with Gasteiger partial charge in [-0.25, -0.2) is 9.37 Å². The first kappa shape index (κ1) is 18.1. The Morgan fingerprint density at radius 2 is 1.81 bits per heavy atom. The van der Waals surface area contributed by atoms with Gasteiger partial charge in [0.15, 0.2) is 0 Å². The lowest BCUT2D eigenvalue weighted by atomic mass is 10.1. The average molecular weight is 368 g/mol. The molecule has 26 heavy (non-hydrogen) atoms. The van der Waals surface area contributed by atoms with Crippen molar-refractivity contribution in [2.45, 2.75) is 38.0 Å². The van der Waals surface area contributed by atoms with Gasteiger partial charge in [-0.15, -0.1) is 10.2 Å². The number of rotatable bonds is 4. The van der Waals surface area contributed by atoms with Crippen LogP contribution >= 0.6 is 11.8 Å². The first-order valence-electron chi connectivity index (χ1n) is 8.04. The van der Waals surface area contributed by atoms with Crippen molar-refractivity contribution in [2.24, 2.45) is 0 Å². The van der Waals surface area contributed by atoms with Gasteiger partial charge < -0.3 is 4.42 Å². The number of hydrogen-bond acceptors (Lipinski definition) is 6. The maximum Gasteiger partial charge on any atom is 0.247 e. The van der Waals surface area contributed by atoms with Crippen LogP contribution in [0.25, 0.3) is 11.5 Å². The molecule has 0 saturated carbocycles. The van der Waals surface area contributed by atoms with Crippen molar-refractivity contribution < 1.29 is 8.81 Å². The summed E-state index contributed by atoms with van der Waals surface area (Å²) in [5.74, 6) is 0.436. The number of nitriles is 1. The number of halogens is 1. The van der Waals surface area contributed by atoms with Crippen LogP contribution in [-0.4, -0.2) is 15.2 Å². The largest absolute Gasteiger partial charge is 0.419 e. The second kappa shape index (κ2) is 7.26. The van der Waals surface area contributed by atoms with E-state index < -0.39 is 0 Å². The highest BCUT2D eigenvalue weighted by Crippen LogP contribution is 2.37. The van der Waals surface area contributed by atoms with Crippen LogP contribution < -0.4 is 0 Å². The highest BCUT2D eigenvalue weighted by Gasteiger charge is 2.20. The molecule has 5 nitrogen and oxygen atoms in total. The molecule has 3 rings (SSSR count). The molecule has 0 radical (unpaired) electrons. The molecule has 0 bridgehead atoms. The van der Waals surface area contributed by atoms with Crippen molar-refractivity contribution in [3.63, 3.8) is 0 Å². The second-order valence-corrected chi connectivity index (χ2v) is 7.28. The fraction of sp³-hybridized carbons (Fsp3) is 0.263. The van der Waals surface area contributed by atoms with E-state index in [0.29, 0.717) is 27.9 Å². The summed E-state index contributed by atoms with van der Waals surface area (Å²) in [4.78, 5) is 4.55. The van der Waals surface area contributed by atoms with Gasteiger partial charge >= 0.3 is 0 Å². The number of aryl methyl sites for hydroxylation is 1. The molecule has 2 aromatic heterocycles. The topological polar surface area (TPSA) is 75.6 Å². The molecule has 1 unspecified atom stereocenters. The lowest BCUT2D eigenvalue weighted by Crippen LogP contribution is -2.00. The van der Waals surface area contributed by atoms with Gasteiger partial charge in [0, 0.05) is 11.3 Å². The van der Waals surface area contributed by atoms with E-state index in [1.54, 1.807) is 12.1 Å². The average Bonchev–Trinajstić information content (AvgIpc) is 3.11. The molecule has 0 saturated heterocycles. The Balaban J connectivity index is 1.87. The maximum absolute atomic E-state index is 13.0. The third-order valence-corrected chi connectivity index (χ3v) is 5.32. The third-order valence-electron chi connectivity index (χ3n) is 4.24. The summed E-state index contributed by atoms with van der Waals surface area (Å²) in [6.45, 7) is 7.73. The van der Waals surface area contributed by atoms with E-state index in [1.165, 1.54) is 23.9 Å². The molecular weight excluding hydrogens is 351 g/mol. The zero-order chi connectivity index (χ0) is 18.8. The molecule has 0 aliphatic heterocycles. The van der Waals surface area contributed by atoms with Crippen LogP contribution in [0.3, 0.4) is 0 Å². The summed E-state index contributed by atoms with van der Waals surface area (Å²) in [6, 6.07) is 8.11. The molecule has 0 fully saturated rings. The minimum atomic E-state index is -0.322. The Morgan fingerprint density at radius 1 is 1.12 bits per heavy atom. The quantitative estimate of drug-likeness (QED) is 0.608. The monoisotopic (exact) mass is 368 g/mol. The van der Waals surface area contributed by atoms with Crippen molar-refractivity contribution in [3.05, 3.63) is 58.4 Å². The summed E-state index contributed by atoms with van der Waals surface area (Å²) in [5.41, 5.74) is 4.08. The van der Waals surface area contributed by atoms with E-state index in [9.17, 15) is 9.65 Å². The highest BCUT2D eigenvalue weighted by molar-refractivity contribution is 7.99. The van der Waals surface area contributed by atoms with E-state index >= 15 is 0 Å². The van der Waals surface area contributed by atoms with E-state index in [2.05, 4.69) is 21.3 Å². The van der Waals surface area contributed by atoms with E-state index in [1.807, 2.05) is 27.7 Å². The van der Waals surface area contributed by atoms with Crippen LogP contribution in [0.2, 0.25) is 0 Å².